The predicted octanol–water partition coefficient (Wildman–Crippen LogP) is 3.35. The number of rotatable bonds is 3. The zero-order chi connectivity index (χ0) is 14.0. The maximum Gasteiger partial charge on any atom is 0.410 e. The second-order valence-electron chi connectivity index (χ2n) is 4.97. The Kier molecular flexibility index (Phi) is 4.50. The third kappa shape index (κ3) is 2.94. The molecular weight excluding hydrogens is 310 g/mol. The summed E-state index contributed by atoms with van der Waals surface area (Å²) in [7, 11) is 0. The summed E-state index contributed by atoms with van der Waals surface area (Å²) in [4.78, 5) is 14.0. The number of carbonyl (C=O) groups is 1. The first-order valence-corrected chi connectivity index (χ1v) is 7.52. The van der Waals surface area contributed by atoms with Gasteiger partial charge in [-0.3, -0.25) is 9.58 Å². The maximum absolute atomic E-state index is 12.2. The van der Waals surface area contributed by atoms with E-state index in [-0.39, 0.29) is 18.2 Å². The van der Waals surface area contributed by atoms with Gasteiger partial charge >= 0.3 is 6.09 Å². The van der Waals surface area contributed by atoms with Gasteiger partial charge in [0.1, 0.15) is 4.60 Å². The molecule has 0 N–H and O–H groups in total. The minimum atomic E-state index is -0.225. The highest BCUT2D eigenvalue weighted by Crippen LogP contribution is 2.30. The Morgan fingerprint density at radius 2 is 2.32 bits per heavy atom. The highest BCUT2D eigenvalue weighted by atomic mass is 79.9. The van der Waals surface area contributed by atoms with E-state index < -0.39 is 0 Å². The fraction of sp³-hybridized carbons (Fsp3) is 0.692. The van der Waals surface area contributed by atoms with Crippen LogP contribution in [0.2, 0.25) is 0 Å². The number of nitrogens with zero attached hydrogens (tertiary/aromatic N) is 3. The van der Waals surface area contributed by atoms with Crippen LogP contribution < -0.4 is 0 Å². The maximum atomic E-state index is 12.2. The number of carbonyl (C=O) groups excluding carboxylic acids is 1. The van der Waals surface area contributed by atoms with Gasteiger partial charge in [0, 0.05) is 0 Å². The number of fused-ring (bicyclic) bond motifs is 1. The van der Waals surface area contributed by atoms with Gasteiger partial charge in [-0.25, -0.2) is 4.79 Å². The first-order valence-electron chi connectivity index (χ1n) is 6.73. The topological polar surface area (TPSA) is 47.4 Å². The summed E-state index contributed by atoms with van der Waals surface area (Å²) >= 11 is 3.38. The first-order chi connectivity index (χ1) is 9.04. The van der Waals surface area contributed by atoms with Crippen molar-refractivity contribution in [3.8, 4) is 0 Å². The fourth-order valence-corrected chi connectivity index (χ4v) is 2.89. The van der Waals surface area contributed by atoms with Crippen molar-refractivity contribution in [3.63, 3.8) is 0 Å². The van der Waals surface area contributed by atoms with Crippen molar-refractivity contribution in [1.82, 2.24) is 14.7 Å². The largest absolute Gasteiger partial charge is 0.449 e. The van der Waals surface area contributed by atoms with Gasteiger partial charge < -0.3 is 4.74 Å². The lowest BCUT2D eigenvalue weighted by Gasteiger charge is -2.38. The van der Waals surface area contributed by atoms with Crippen LogP contribution >= 0.6 is 15.9 Å². The molecule has 1 aromatic rings. The van der Waals surface area contributed by atoms with Crippen molar-refractivity contribution in [2.24, 2.45) is 0 Å². The van der Waals surface area contributed by atoms with Crippen LogP contribution in [0.15, 0.2) is 10.7 Å². The van der Waals surface area contributed by atoms with Gasteiger partial charge in [-0.05, 0) is 42.3 Å². The molecule has 2 rings (SSSR count). The summed E-state index contributed by atoms with van der Waals surface area (Å²) in [6.45, 7) is 7.31. The number of hydrogen-bond acceptors (Lipinski definition) is 3. The van der Waals surface area contributed by atoms with Crippen molar-refractivity contribution in [2.45, 2.75) is 52.2 Å². The summed E-state index contributed by atoms with van der Waals surface area (Å²) in [5.41, 5.74) is 1.04. The van der Waals surface area contributed by atoms with Gasteiger partial charge in [-0.1, -0.05) is 13.3 Å². The zero-order valence-electron chi connectivity index (χ0n) is 11.6. The third-order valence-corrected chi connectivity index (χ3v) is 3.86. The van der Waals surface area contributed by atoms with Gasteiger partial charge in [-0.2, -0.15) is 5.10 Å². The van der Waals surface area contributed by atoms with Crippen molar-refractivity contribution < 1.29 is 9.53 Å². The molecule has 0 saturated heterocycles. The molecule has 1 aromatic heterocycles. The molecule has 5 nitrogen and oxygen atoms in total. The Labute approximate surface area is 122 Å². The van der Waals surface area contributed by atoms with E-state index in [0.717, 1.165) is 23.1 Å². The summed E-state index contributed by atoms with van der Waals surface area (Å²) in [6.07, 6.45) is 1.71. The zero-order valence-corrected chi connectivity index (χ0v) is 13.2. The van der Waals surface area contributed by atoms with Crippen LogP contribution in [0.4, 0.5) is 4.79 Å². The van der Waals surface area contributed by atoms with Crippen LogP contribution in [0, 0.1) is 0 Å². The van der Waals surface area contributed by atoms with Gasteiger partial charge in [0.05, 0.1) is 30.9 Å². The SMILES string of the molecule is CCCCOC(=O)N1[C@H](C)Cn2nc(Br)cc2[C@@H]1C. The average Bonchev–Trinajstić information content (AvgIpc) is 2.70. The van der Waals surface area contributed by atoms with E-state index in [1.807, 2.05) is 24.6 Å². The summed E-state index contributed by atoms with van der Waals surface area (Å²) < 4.78 is 8.09. The Morgan fingerprint density at radius 1 is 1.58 bits per heavy atom. The lowest BCUT2D eigenvalue weighted by atomic mass is 10.1. The number of aromatic nitrogens is 2. The molecule has 0 fully saturated rings. The monoisotopic (exact) mass is 329 g/mol. The van der Waals surface area contributed by atoms with Crippen LogP contribution in [0.5, 0.6) is 0 Å². The Balaban J connectivity index is 2.11. The summed E-state index contributed by atoms with van der Waals surface area (Å²) in [5.74, 6) is 0. The summed E-state index contributed by atoms with van der Waals surface area (Å²) in [5, 5.41) is 4.38. The number of ether oxygens (including phenoxy) is 1. The van der Waals surface area contributed by atoms with Crippen LogP contribution in [0.25, 0.3) is 0 Å². The number of unbranched alkanes of at least 4 members (excludes halogenated alkanes) is 1. The Morgan fingerprint density at radius 3 is 3.00 bits per heavy atom. The average molecular weight is 330 g/mol. The van der Waals surface area contributed by atoms with E-state index >= 15 is 0 Å². The molecule has 1 amide bonds. The molecule has 0 radical (unpaired) electrons. The molecule has 106 valence electrons. The minimum Gasteiger partial charge on any atom is -0.449 e. The van der Waals surface area contributed by atoms with E-state index in [1.54, 1.807) is 4.90 Å². The second kappa shape index (κ2) is 5.94. The fourth-order valence-electron chi connectivity index (χ4n) is 2.46. The van der Waals surface area contributed by atoms with E-state index in [2.05, 4.69) is 28.0 Å². The number of amides is 1. The van der Waals surface area contributed by atoms with E-state index in [9.17, 15) is 4.79 Å². The molecule has 0 saturated carbocycles. The Bertz CT molecular complexity index is 461. The lowest BCUT2D eigenvalue weighted by Crippen LogP contribution is -2.47. The first kappa shape index (κ1) is 14.4. The quantitative estimate of drug-likeness (QED) is 0.799. The number of halogens is 1. The molecule has 1 aliphatic rings. The van der Waals surface area contributed by atoms with Crippen molar-refractivity contribution in [2.75, 3.05) is 6.61 Å². The molecule has 2 heterocycles. The minimum absolute atomic E-state index is 0.0170. The van der Waals surface area contributed by atoms with Crippen LogP contribution in [0.3, 0.4) is 0 Å². The second-order valence-corrected chi connectivity index (χ2v) is 5.79. The molecule has 6 heteroatoms. The van der Waals surface area contributed by atoms with E-state index in [4.69, 9.17) is 4.74 Å². The molecule has 1 aliphatic heterocycles. The highest BCUT2D eigenvalue weighted by Gasteiger charge is 2.34. The van der Waals surface area contributed by atoms with Crippen molar-refractivity contribution >= 4 is 22.0 Å². The van der Waals surface area contributed by atoms with Crippen molar-refractivity contribution in [1.29, 1.82) is 0 Å². The lowest BCUT2D eigenvalue weighted by molar-refractivity contribution is 0.0544. The normalized spacial score (nSPS) is 22.2. The molecule has 2 atom stereocenters. The number of hydrogen-bond donors (Lipinski definition) is 0. The van der Waals surface area contributed by atoms with Crippen LogP contribution in [-0.4, -0.2) is 33.4 Å². The van der Waals surface area contributed by atoms with Crippen LogP contribution in [0.1, 0.15) is 45.3 Å². The van der Waals surface area contributed by atoms with Gasteiger partial charge in [0.15, 0.2) is 0 Å². The molecule has 0 bridgehead atoms. The molecular formula is C13H20BrN3O2. The highest BCUT2D eigenvalue weighted by molar-refractivity contribution is 9.10. The molecule has 0 unspecified atom stereocenters. The van der Waals surface area contributed by atoms with E-state index in [1.165, 1.54) is 0 Å². The van der Waals surface area contributed by atoms with Gasteiger partial charge in [0.2, 0.25) is 0 Å². The summed E-state index contributed by atoms with van der Waals surface area (Å²) in [6, 6.07) is 2.03. The smallest absolute Gasteiger partial charge is 0.410 e. The van der Waals surface area contributed by atoms with Gasteiger partial charge in [-0.15, -0.1) is 0 Å². The van der Waals surface area contributed by atoms with Crippen LogP contribution in [-0.2, 0) is 11.3 Å². The molecule has 0 aliphatic carbocycles. The van der Waals surface area contributed by atoms with Crippen molar-refractivity contribution in [3.05, 3.63) is 16.4 Å². The Hall–Kier alpha value is -1.04. The molecule has 0 aromatic carbocycles. The predicted molar refractivity (Wildman–Crippen MR) is 75.9 cm³/mol. The van der Waals surface area contributed by atoms with Gasteiger partial charge in [0.25, 0.3) is 0 Å². The standard InChI is InChI=1S/C13H20BrN3O2/c1-4-5-6-19-13(18)17-9(2)8-16-11(10(17)3)7-12(14)15-16/h7,9-10H,4-6,8H2,1-3H3/t9-,10+/m1/s1. The molecule has 19 heavy (non-hydrogen) atoms. The third-order valence-electron chi connectivity index (χ3n) is 3.47. The van der Waals surface area contributed by atoms with E-state index in [0.29, 0.717) is 13.2 Å². The molecule has 0 spiro atoms.